The summed E-state index contributed by atoms with van der Waals surface area (Å²) >= 11 is 0. The molecule has 0 heterocycles. The monoisotopic (exact) mass is 156 g/mol. The Kier molecular flexibility index (Phi) is 2.10. The van der Waals surface area contributed by atoms with E-state index in [1.165, 1.54) is 0 Å². The van der Waals surface area contributed by atoms with Crippen LogP contribution in [0, 0.1) is 0 Å². The number of anilines is 1. The Morgan fingerprint density at radius 3 is 2.60 bits per heavy atom. The second-order valence-corrected chi connectivity index (χ2v) is 2.50. The van der Waals surface area contributed by atoms with E-state index in [4.69, 9.17) is 11.6 Å². The average Bonchev–Trinajstić information content (AvgIpc) is 1.95. The lowest BCUT2D eigenvalue weighted by molar-refractivity contribution is 0.336. The molecule has 0 fully saturated rings. The predicted octanol–water partition coefficient (Wildman–Crippen LogP) is 0.0217. The molecule has 0 saturated carbocycles. The first-order valence-corrected chi connectivity index (χ1v) is 3.34. The first-order valence-electron chi connectivity index (χ1n) is 2.76. The van der Waals surface area contributed by atoms with Gasteiger partial charge in [-0.25, -0.2) is 0 Å². The maximum absolute atomic E-state index is 5.57. The van der Waals surface area contributed by atoms with Crippen molar-refractivity contribution in [2.45, 2.75) is 0 Å². The maximum Gasteiger partial charge on any atom is 0.170 e. The van der Waals surface area contributed by atoms with Crippen molar-refractivity contribution in [2.24, 2.45) is 5.90 Å². The second kappa shape index (κ2) is 2.86. The van der Waals surface area contributed by atoms with Gasteiger partial charge < -0.3 is 10.6 Å². The Balaban J connectivity index is 3.14. The van der Waals surface area contributed by atoms with Crippen molar-refractivity contribution in [3.8, 4) is 5.75 Å². The zero-order chi connectivity index (χ0) is 7.56. The van der Waals surface area contributed by atoms with E-state index in [1.807, 2.05) is 12.1 Å². The van der Waals surface area contributed by atoms with Crippen molar-refractivity contribution in [2.75, 3.05) is 5.73 Å². The maximum atomic E-state index is 5.57. The highest BCUT2D eigenvalue weighted by molar-refractivity contribution is 7.28. The van der Waals surface area contributed by atoms with E-state index in [0.29, 0.717) is 11.4 Å². The third-order valence-corrected chi connectivity index (χ3v) is 1.73. The van der Waals surface area contributed by atoms with E-state index in [2.05, 4.69) is 14.1 Å². The zero-order valence-electron chi connectivity index (χ0n) is 5.37. The molecule has 1 aromatic rings. The van der Waals surface area contributed by atoms with Crippen LogP contribution in [0.3, 0.4) is 0 Å². The van der Waals surface area contributed by atoms with Crippen molar-refractivity contribution >= 4 is 20.2 Å². The normalized spacial score (nSPS) is 9.40. The molecular formula is C6H9N2OP. The fraction of sp³-hybridized carbons (Fsp3) is 0. The van der Waals surface area contributed by atoms with Gasteiger partial charge >= 0.3 is 0 Å². The van der Waals surface area contributed by atoms with Crippen LogP contribution in [0.5, 0.6) is 5.75 Å². The van der Waals surface area contributed by atoms with Gasteiger partial charge in [0.05, 0.1) is 5.69 Å². The van der Waals surface area contributed by atoms with Crippen LogP contribution in [0.15, 0.2) is 18.2 Å². The van der Waals surface area contributed by atoms with Crippen molar-refractivity contribution in [3.05, 3.63) is 18.2 Å². The number of hydrogen-bond donors (Lipinski definition) is 2. The largest absolute Gasteiger partial charge is 0.409 e. The third-order valence-electron chi connectivity index (χ3n) is 1.23. The Labute approximate surface area is 61.5 Å². The summed E-state index contributed by atoms with van der Waals surface area (Å²) in [6.07, 6.45) is 0. The van der Waals surface area contributed by atoms with Gasteiger partial charge in [-0.2, -0.15) is 5.90 Å². The smallest absolute Gasteiger partial charge is 0.170 e. The molecule has 0 spiro atoms. The van der Waals surface area contributed by atoms with Crippen molar-refractivity contribution in [1.82, 2.24) is 0 Å². The summed E-state index contributed by atoms with van der Waals surface area (Å²) in [4.78, 5) is 4.49. The summed E-state index contributed by atoms with van der Waals surface area (Å²) in [6, 6.07) is 5.40. The number of nitrogens with two attached hydrogens (primary N) is 2. The molecule has 0 aromatic heterocycles. The van der Waals surface area contributed by atoms with Crippen LogP contribution in [-0.4, -0.2) is 0 Å². The molecule has 0 saturated heterocycles. The van der Waals surface area contributed by atoms with Gasteiger partial charge in [0.1, 0.15) is 0 Å². The molecule has 4 heteroatoms. The van der Waals surface area contributed by atoms with Crippen LogP contribution in [0.4, 0.5) is 5.69 Å². The van der Waals surface area contributed by atoms with Gasteiger partial charge in [-0.05, 0) is 11.4 Å². The Hall–Kier alpha value is -0.790. The van der Waals surface area contributed by atoms with Crippen LogP contribution < -0.4 is 21.8 Å². The second-order valence-electron chi connectivity index (χ2n) is 1.88. The Morgan fingerprint density at radius 1 is 1.40 bits per heavy atom. The highest BCUT2D eigenvalue weighted by Gasteiger charge is 1.99. The molecule has 0 aliphatic carbocycles. The summed E-state index contributed by atoms with van der Waals surface area (Å²) in [6.45, 7) is 0. The SMILES string of the molecule is NOc1cccc(P)c1N. The van der Waals surface area contributed by atoms with Crippen LogP contribution in [0.1, 0.15) is 0 Å². The number of rotatable bonds is 1. The van der Waals surface area contributed by atoms with E-state index in [1.54, 1.807) is 6.07 Å². The molecule has 0 aliphatic heterocycles. The van der Waals surface area contributed by atoms with Gasteiger partial charge in [0, 0.05) is 0 Å². The third kappa shape index (κ3) is 1.20. The number of para-hydroxylation sites is 1. The molecular weight excluding hydrogens is 147 g/mol. The van der Waals surface area contributed by atoms with Gasteiger partial charge in [-0.3, -0.25) is 0 Å². The topological polar surface area (TPSA) is 61.3 Å². The molecule has 0 aliphatic rings. The van der Waals surface area contributed by atoms with Crippen LogP contribution in [-0.2, 0) is 0 Å². The van der Waals surface area contributed by atoms with Crippen LogP contribution >= 0.6 is 9.24 Å². The number of hydrogen-bond acceptors (Lipinski definition) is 3. The van der Waals surface area contributed by atoms with Crippen molar-refractivity contribution < 1.29 is 4.84 Å². The average molecular weight is 156 g/mol. The quantitative estimate of drug-likeness (QED) is 0.342. The minimum absolute atomic E-state index is 0.507. The molecule has 0 bridgehead atoms. The molecule has 0 radical (unpaired) electrons. The standard InChI is InChI=1S/C6H9N2OP/c7-6-4(9-8)2-1-3-5(6)10/h1-3H,7-8,10H2. The minimum atomic E-state index is 0.507. The van der Waals surface area contributed by atoms with Crippen LogP contribution in [0.2, 0.25) is 0 Å². The lowest BCUT2D eigenvalue weighted by Gasteiger charge is -2.03. The highest BCUT2D eigenvalue weighted by Crippen LogP contribution is 2.17. The zero-order valence-corrected chi connectivity index (χ0v) is 6.53. The lowest BCUT2D eigenvalue weighted by Crippen LogP contribution is -2.09. The lowest BCUT2D eigenvalue weighted by atomic mass is 10.3. The van der Waals surface area contributed by atoms with E-state index in [-0.39, 0.29) is 0 Å². The fourth-order valence-corrected chi connectivity index (χ4v) is 0.917. The van der Waals surface area contributed by atoms with Gasteiger partial charge in [0.25, 0.3) is 0 Å². The summed E-state index contributed by atoms with van der Waals surface area (Å²) in [7, 11) is 2.49. The minimum Gasteiger partial charge on any atom is -0.409 e. The molecule has 1 rings (SSSR count). The first-order chi connectivity index (χ1) is 4.75. The van der Waals surface area contributed by atoms with Crippen molar-refractivity contribution in [3.63, 3.8) is 0 Å². The molecule has 10 heavy (non-hydrogen) atoms. The Morgan fingerprint density at radius 2 is 2.10 bits per heavy atom. The predicted molar refractivity (Wildman–Crippen MR) is 45.0 cm³/mol. The molecule has 1 atom stereocenters. The van der Waals surface area contributed by atoms with Gasteiger partial charge in [-0.15, -0.1) is 9.24 Å². The van der Waals surface area contributed by atoms with Gasteiger partial charge in [0.15, 0.2) is 5.75 Å². The van der Waals surface area contributed by atoms with Crippen LogP contribution in [0.25, 0.3) is 0 Å². The fourth-order valence-electron chi connectivity index (χ4n) is 0.664. The van der Waals surface area contributed by atoms with E-state index in [9.17, 15) is 0 Å². The van der Waals surface area contributed by atoms with Crippen molar-refractivity contribution in [1.29, 1.82) is 0 Å². The van der Waals surface area contributed by atoms with Gasteiger partial charge in [0.2, 0.25) is 0 Å². The summed E-state index contributed by atoms with van der Waals surface area (Å²) in [5.41, 5.74) is 6.13. The molecule has 3 nitrogen and oxygen atoms in total. The number of benzene rings is 1. The Bertz CT molecular complexity index is 239. The molecule has 1 unspecified atom stereocenters. The highest BCUT2D eigenvalue weighted by atomic mass is 31.0. The van der Waals surface area contributed by atoms with E-state index < -0.39 is 0 Å². The molecule has 4 N–H and O–H groups in total. The first kappa shape index (κ1) is 7.32. The van der Waals surface area contributed by atoms with E-state index >= 15 is 0 Å². The molecule has 1 aromatic carbocycles. The summed E-state index contributed by atoms with van der Waals surface area (Å²) < 4.78 is 0. The molecule has 54 valence electrons. The van der Waals surface area contributed by atoms with E-state index in [0.717, 1.165) is 5.30 Å². The molecule has 0 amide bonds. The van der Waals surface area contributed by atoms with Gasteiger partial charge in [-0.1, -0.05) is 12.1 Å². The summed E-state index contributed by atoms with van der Waals surface area (Å²) in [5, 5.41) is 0.892. The summed E-state index contributed by atoms with van der Waals surface area (Å²) in [5.74, 6) is 5.44. The number of nitrogen functional groups attached to an aromatic ring is 1.